The van der Waals surface area contributed by atoms with E-state index in [1.54, 1.807) is 18.3 Å². The van der Waals surface area contributed by atoms with Crippen LogP contribution in [-0.4, -0.2) is 30.3 Å². The van der Waals surface area contributed by atoms with Crippen molar-refractivity contribution in [3.63, 3.8) is 0 Å². The lowest BCUT2D eigenvalue weighted by Crippen LogP contribution is -2.33. The number of aromatic nitrogens is 2. The van der Waals surface area contributed by atoms with E-state index in [-0.39, 0.29) is 28.4 Å². The number of sulfonamides is 1. The van der Waals surface area contributed by atoms with Gasteiger partial charge in [0.05, 0.1) is 22.8 Å². The predicted molar refractivity (Wildman–Crippen MR) is 119 cm³/mol. The lowest BCUT2D eigenvalue weighted by atomic mass is 10.2. The lowest BCUT2D eigenvalue weighted by molar-refractivity contribution is 0.0938. The Morgan fingerprint density at radius 1 is 1.10 bits per heavy atom. The number of aromatic amines is 1. The van der Waals surface area contributed by atoms with Crippen LogP contribution in [-0.2, 0) is 10.0 Å². The fourth-order valence-electron chi connectivity index (χ4n) is 3.81. The molecule has 2 aromatic carbocycles. The van der Waals surface area contributed by atoms with Crippen LogP contribution in [0.3, 0.4) is 0 Å². The Morgan fingerprint density at radius 2 is 1.84 bits per heavy atom. The van der Waals surface area contributed by atoms with Crippen molar-refractivity contribution in [3.05, 3.63) is 72.2 Å². The third kappa shape index (κ3) is 5.03. The van der Waals surface area contributed by atoms with Crippen molar-refractivity contribution in [2.24, 2.45) is 0 Å². The van der Waals surface area contributed by atoms with Crippen molar-refractivity contribution in [1.29, 1.82) is 0 Å². The van der Waals surface area contributed by atoms with Crippen molar-refractivity contribution < 1.29 is 13.2 Å². The van der Waals surface area contributed by atoms with E-state index in [9.17, 15) is 13.2 Å². The first-order valence-corrected chi connectivity index (χ1v) is 11.9. The number of carbonyl (C=O) groups excluding carboxylic acids is 1. The Kier molecular flexibility index (Phi) is 6.20. The summed E-state index contributed by atoms with van der Waals surface area (Å²) in [7, 11) is -3.66. The summed E-state index contributed by atoms with van der Waals surface area (Å²) >= 11 is 0. The summed E-state index contributed by atoms with van der Waals surface area (Å²) in [5.41, 5.74) is 2.16. The van der Waals surface area contributed by atoms with Gasteiger partial charge in [0.1, 0.15) is 5.82 Å². The van der Waals surface area contributed by atoms with Gasteiger partial charge in [-0.3, -0.25) is 4.79 Å². The molecule has 0 spiro atoms. The molecule has 1 fully saturated rings. The number of imidazole rings is 1. The average molecular weight is 439 g/mol. The van der Waals surface area contributed by atoms with Gasteiger partial charge in [-0.05, 0) is 43.5 Å². The largest absolute Gasteiger partial charge is 0.342 e. The van der Waals surface area contributed by atoms with E-state index in [1.807, 2.05) is 37.3 Å². The van der Waals surface area contributed by atoms with E-state index in [2.05, 4.69) is 20.0 Å². The van der Waals surface area contributed by atoms with Crippen LogP contribution in [0.5, 0.6) is 0 Å². The SMILES string of the molecule is CC(NC(=O)c1cccc(S(=O)(=O)NC2CCCC2)c1)c1ncc(-c2ccccc2)[nH]1. The molecular weight excluding hydrogens is 412 g/mol. The molecule has 0 aliphatic heterocycles. The van der Waals surface area contributed by atoms with Crippen LogP contribution >= 0.6 is 0 Å². The predicted octanol–water partition coefficient (Wildman–Crippen LogP) is 3.79. The van der Waals surface area contributed by atoms with Crippen LogP contribution in [0, 0.1) is 0 Å². The third-order valence-electron chi connectivity index (χ3n) is 5.52. The number of carbonyl (C=O) groups is 1. The van der Waals surface area contributed by atoms with Gasteiger partial charge in [0.25, 0.3) is 5.91 Å². The second-order valence-electron chi connectivity index (χ2n) is 7.87. The molecule has 7 nitrogen and oxygen atoms in total. The number of hydrogen-bond acceptors (Lipinski definition) is 4. The smallest absolute Gasteiger partial charge is 0.251 e. The fraction of sp³-hybridized carbons (Fsp3) is 0.304. The van der Waals surface area contributed by atoms with Crippen LogP contribution in [0.15, 0.2) is 65.7 Å². The van der Waals surface area contributed by atoms with Crippen molar-refractivity contribution in [2.75, 3.05) is 0 Å². The molecule has 4 rings (SSSR count). The van der Waals surface area contributed by atoms with E-state index in [0.717, 1.165) is 36.9 Å². The Bertz CT molecular complexity index is 1150. The number of benzene rings is 2. The summed E-state index contributed by atoms with van der Waals surface area (Å²) in [5.74, 6) is 0.266. The summed E-state index contributed by atoms with van der Waals surface area (Å²) in [6, 6.07) is 15.5. The molecule has 0 saturated heterocycles. The quantitative estimate of drug-likeness (QED) is 0.522. The molecule has 1 amide bonds. The fourth-order valence-corrected chi connectivity index (χ4v) is 5.16. The van der Waals surface area contributed by atoms with Crippen LogP contribution in [0.4, 0.5) is 0 Å². The summed E-state index contributed by atoms with van der Waals surface area (Å²) in [6.07, 6.45) is 5.50. The molecule has 1 atom stereocenters. The Labute approximate surface area is 182 Å². The molecule has 1 unspecified atom stereocenters. The lowest BCUT2D eigenvalue weighted by Gasteiger charge is -2.14. The topological polar surface area (TPSA) is 104 Å². The standard InChI is InChI=1S/C23H26N4O3S/c1-16(22-24-15-21(26-22)17-8-3-2-4-9-17)25-23(28)18-10-7-13-20(14-18)31(29,30)27-19-11-5-6-12-19/h2-4,7-10,13-16,19,27H,5-6,11-12H2,1H3,(H,24,26)(H,25,28). The van der Waals surface area contributed by atoms with Gasteiger partial charge in [0.2, 0.25) is 10.0 Å². The zero-order valence-electron chi connectivity index (χ0n) is 17.3. The summed E-state index contributed by atoms with van der Waals surface area (Å²) in [4.78, 5) is 20.5. The number of H-pyrrole nitrogens is 1. The molecule has 3 aromatic rings. The van der Waals surface area contributed by atoms with Gasteiger partial charge in [-0.25, -0.2) is 18.1 Å². The van der Waals surface area contributed by atoms with Crippen LogP contribution in [0.2, 0.25) is 0 Å². The summed E-state index contributed by atoms with van der Waals surface area (Å²) in [6.45, 7) is 1.83. The molecule has 1 aliphatic rings. The first-order valence-electron chi connectivity index (χ1n) is 10.5. The number of nitrogens with one attached hydrogen (secondary N) is 3. The third-order valence-corrected chi connectivity index (χ3v) is 7.04. The van der Waals surface area contributed by atoms with E-state index >= 15 is 0 Å². The van der Waals surface area contributed by atoms with E-state index < -0.39 is 10.0 Å². The number of hydrogen-bond donors (Lipinski definition) is 3. The first-order chi connectivity index (χ1) is 14.9. The van der Waals surface area contributed by atoms with Crippen LogP contribution in [0.1, 0.15) is 54.8 Å². The Hall–Kier alpha value is -2.97. The van der Waals surface area contributed by atoms with Crippen LogP contribution < -0.4 is 10.0 Å². The molecule has 1 heterocycles. The minimum atomic E-state index is -3.66. The van der Waals surface area contributed by atoms with E-state index in [4.69, 9.17) is 0 Å². The molecule has 31 heavy (non-hydrogen) atoms. The van der Waals surface area contributed by atoms with Crippen LogP contribution in [0.25, 0.3) is 11.3 Å². The van der Waals surface area contributed by atoms with Gasteiger partial charge >= 0.3 is 0 Å². The van der Waals surface area contributed by atoms with Crippen molar-refractivity contribution in [3.8, 4) is 11.3 Å². The molecule has 1 aromatic heterocycles. The summed E-state index contributed by atoms with van der Waals surface area (Å²) in [5, 5.41) is 2.88. The molecule has 0 bridgehead atoms. The minimum Gasteiger partial charge on any atom is -0.342 e. The average Bonchev–Trinajstić information content (AvgIpc) is 3.46. The molecule has 0 radical (unpaired) electrons. The van der Waals surface area contributed by atoms with Crippen molar-refractivity contribution in [2.45, 2.75) is 49.6 Å². The Balaban J connectivity index is 1.45. The molecular formula is C23H26N4O3S. The highest BCUT2D eigenvalue weighted by Gasteiger charge is 2.24. The van der Waals surface area contributed by atoms with Gasteiger partial charge in [-0.15, -0.1) is 0 Å². The number of rotatable bonds is 7. The molecule has 8 heteroatoms. The van der Waals surface area contributed by atoms with E-state index in [0.29, 0.717) is 5.82 Å². The molecule has 3 N–H and O–H groups in total. The normalized spacial score (nSPS) is 15.6. The zero-order chi connectivity index (χ0) is 21.8. The van der Waals surface area contributed by atoms with Gasteiger partial charge in [-0.1, -0.05) is 49.2 Å². The zero-order valence-corrected chi connectivity index (χ0v) is 18.2. The first kappa shape index (κ1) is 21.3. The highest BCUT2D eigenvalue weighted by atomic mass is 32.2. The highest BCUT2D eigenvalue weighted by molar-refractivity contribution is 7.89. The van der Waals surface area contributed by atoms with E-state index in [1.165, 1.54) is 12.1 Å². The Morgan fingerprint density at radius 3 is 2.58 bits per heavy atom. The maximum absolute atomic E-state index is 12.8. The number of amides is 1. The minimum absolute atomic E-state index is 0.0275. The second-order valence-corrected chi connectivity index (χ2v) is 9.59. The van der Waals surface area contributed by atoms with Gasteiger partial charge in [0.15, 0.2) is 0 Å². The van der Waals surface area contributed by atoms with Gasteiger partial charge < -0.3 is 10.3 Å². The molecule has 1 saturated carbocycles. The summed E-state index contributed by atoms with van der Waals surface area (Å²) < 4.78 is 28.1. The van der Waals surface area contributed by atoms with Gasteiger partial charge in [-0.2, -0.15) is 0 Å². The van der Waals surface area contributed by atoms with Gasteiger partial charge in [0, 0.05) is 11.6 Å². The number of nitrogens with zero attached hydrogens (tertiary/aromatic N) is 1. The highest BCUT2D eigenvalue weighted by Crippen LogP contribution is 2.22. The monoisotopic (exact) mass is 438 g/mol. The van der Waals surface area contributed by atoms with Crippen molar-refractivity contribution >= 4 is 15.9 Å². The molecule has 162 valence electrons. The maximum Gasteiger partial charge on any atom is 0.251 e. The second kappa shape index (κ2) is 9.03. The van der Waals surface area contributed by atoms with Crippen molar-refractivity contribution in [1.82, 2.24) is 20.0 Å². The maximum atomic E-state index is 12.8. The molecule has 1 aliphatic carbocycles.